The van der Waals surface area contributed by atoms with E-state index >= 15 is 0 Å². The van der Waals surface area contributed by atoms with E-state index in [4.69, 9.17) is 0 Å². The second kappa shape index (κ2) is 3.20. The Hall–Kier alpha value is -2.17. The molecular formula is C10H8N2O3. The Labute approximate surface area is 85.1 Å². The summed E-state index contributed by atoms with van der Waals surface area (Å²) in [7, 11) is 0. The number of rotatable bonds is 1. The molecule has 0 saturated heterocycles. The van der Waals surface area contributed by atoms with Crippen molar-refractivity contribution in [3.05, 3.63) is 40.2 Å². The van der Waals surface area contributed by atoms with Crippen LogP contribution < -0.4 is 0 Å². The number of pyridine rings is 1. The molecule has 1 aromatic carbocycles. The van der Waals surface area contributed by atoms with Gasteiger partial charge in [0.05, 0.1) is 10.3 Å². The lowest BCUT2D eigenvalue weighted by Crippen LogP contribution is -1.91. The van der Waals surface area contributed by atoms with E-state index in [-0.39, 0.29) is 11.4 Å². The van der Waals surface area contributed by atoms with Crippen LogP contribution in [0.5, 0.6) is 5.75 Å². The predicted octanol–water partition coefficient (Wildman–Crippen LogP) is 2.16. The summed E-state index contributed by atoms with van der Waals surface area (Å²) in [6.45, 7) is 1.76. The second-order valence-electron chi connectivity index (χ2n) is 3.23. The lowest BCUT2D eigenvalue weighted by Gasteiger charge is -2.02. The van der Waals surface area contributed by atoms with Gasteiger partial charge in [-0.3, -0.25) is 15.1 Å². The molecule has 0 radical (unpaired) electrons. The number of phenols is 1. The molecule has 0 saturated carbocycles. The molecule has 1 aromatic heterocycles. The van der Waals surface area contributed by atoms with Gasteiger partial charge in [0.15, 0.2) is 0 Å². The van der Waals surface area contributed by atoms with E-state index in [1.165, 1.54) is 18.3 Å². The first-order chi connectivity index (χ1) is 7.09. The van der Waals surface area contributed by atoms with E-state index < -0.39 is 4.92 Å². The second-order valence-corrected chi connectivity index (χ2v) is 3.23. The molecule has 0 atom stereocenters. The SMILES string of the molecule is Cc1cc2c(O)ccc([N+](=O)[O-])c2cn1. The third kappa shape index (κ3) is 1.48. The summed E-state index contributed by atoms with van der Waals surface area (Å²) in [6, 6.07) is 4.21. The number of aryl methyl sites for hydroxylation is 1. The van der Waals surface area contributed by atoms with Crippen molar-refractivity contribution in [1.82, 2.24) is 4.98 Å². The van der Waals surface area contributed by atoms with Crippen LogP contribution in [0.3, 0.4) is 0 Å². The summed E-state index contributed by atoms with van der Waals surface area (Å²) in [5.41, 5.74) is 0.661. The van der Waals surface area contributed by atoms with Crippen molar-refractivity contribution < 1.29 is 10.0 Å². The highest BCUT2D eigenvalue weighted by atomic mass is 16.6. The summed E-state index contributed by atoms with van der Waals surface area (Å²) < 4.78 is 0. The largest absolute Gasteiger partial charge is 0.507 e. The monoisotopic (exact) mass is 204 g/mol. The zero-order valence-corrected chi connectivity index (χ0v) is 7.97. The molecule has 15 heavy (non-hydrogen) atoms. The quantitative estimate of drug-likeness (QED) is 0.570. The van der Waals surface area contributed by atoms with Gasteiger partial charge in [-0.15, -0.1) is 0 Å². The molecule has 0 fully saturated rings. The lowest BCUT2D eigenvalue weighted by molar-refractivity contribution is -0.383. The fourth-order valence-corrected chi connectivity index (χ4v) is 1.47. The molecule has 2 rings (SSSR count). The van der Waals surface area contributed by atoms with Crippen LogP contribution in [0.4, 0.5) is 5.69 Å². The van der Waals surface area contributed by atoms with Gasteiger partial charge in [-0.1, -0.05) is 0 Å². The molecule has 0 unspecified atom stereocenters. The number of fused-ring (bicyclic) bond motifs is 1. The molecule has 0 spiro atoms. The van der Waals surface area contributed by atoms with Gasteiger partial charge in [0.1, 0.15) is 5.75 Å². The highest BCUT2D eigenvalue weighted by molar-refractivity contribution is 5.94. The minimum Gasteiger partial charge on any atom is -0.507 e. The van der Waals surface area contributed by atoms with Gasteiger partial charge in [-0.25, -0.2) is 0 Å². The fourth-order valence-electron chi connectivity index (χ4n) is 1.47. The Bertz CT molecular complexity index is 552. The summed E-state index contributed by atoms with van der Waals surface area (Å²) in [5, 5.41) is 21.1. The third-order valence-corrected chi connectivity index (χ3v) is 2.19. The number of aromatic nitrogens is 1. The molecule has 0 aliphatic rings. The van der Waals surface area contributed by atoms with Crippen LogP contribution in [0.15, 0.2) is 24.4 Å². The standard InChI is InChI=1S/C10H8N2O3/c1-6-4-7-8(5-11-6)9(12(14)15)2-3-10(7)13/h2-5,13H,1H3. The maximum Gasteiger partial charge on any atom is 0.279 e. The summed E-state index contributed by atoms with van der Waals surface area (Å²) in [6.07, 6.45) is 1.41. The maximum absolute atomic E-state index is 10.7. The van der Waals surface area contributed by atoms with Gasteiger partial charge in [-0.05, 0) is 19.1 Å². The van der Waals surface area contributed by atoms with Crippen molar-refractivity contribution in [3.8, 4) is 5.75 Å². The Kier molecular flexibility index (Phi) is 2.00. The molecule has 1 heterocycles. The molecule has 0 amide bonds. The number of benzene rings is 1. The number of phenolic OH excluding ortho intramolecular Hbond substituents is 1. The normalized spacial score (nSPS) is 10.5. The van der Waals surface area contributed by atoms with Crippen molar-refractivity contribution in [2.75, 3.05) is 0 Å². The van der Waals surface area contributed by atoms with Crippen molar-refractivity contribution in [3.63, 3.8) is 0 Å². The molecule has 5 nitrogen and oxygen atoms in total. The first kappa shape index (κ1) is 9.39. The first-order valence-electron chi connectivity index (χ1n) is 4.32. The van der Waals surface area contributed by atoms with E-state index in [2.05, 4.69) is 4.98 Å². The van der Waals surface area contributed by atoms with Crippen LogP contribution in [0.2, 0.25) is 0 Å². The van der Waals surface area contributed by atoms with Gasteiger partial charge in [0.25, 0.3) is 5.69 Å². The minimum absolute atomic E-state index is 0.0288. The van der Waals surface area contributed by atoms with Gasteiger partial charge >= 0.3 is 0 Å². The number of nitro benzene ring substituents is 1. The lowest BCUT2D eigenvalue weighted by atomic mass is 10.1. The van der Waals surface area contributed by atoms with Crippen LogP contribution in [-0.2, 0) is 0 Å². The van der Waals surface area contributed by atoms with Gasteiger partial charge in [0.2, 0.25) is 0 Å². The van der Waals surface area contributed by atoms with Gasteiger partial charge in [-0.2, -0.15) is 0 Å². The number of hydrogen-bond donors (Lipinski definition) is 1. The molecule has 1 N–H and O–H groups in total. The van der Waals surface area contributed by atoms with E-state index in [9.17, 15) is 15.2 Å². The summed E-state index contributed by atoms with van der Waals surface area (Å²) >= 11 is 0. The number of nitro groups is 1. The fraction of sp³-hybridized carbons (Fsp3) is 0.100. The van der Waals surface area contributed by atoms with Crippen LogP contribution in [0, 0.1) is 17.0 Å². The number of non-ortho nitro benzene ring substituents is 1. The molecule has 0 bridgehead atoms. The van der Waals surface area contributed by atoms with E-state index in [1.54, 1.807) is 13.0 Å². The smallest absolute Gasteiger partial charge is 0.279 e. The first-order valence-corrected chi connectivity index (χ1v) is 4.32. The molecule has 76 valence electrons. The molecule has 5 heteroatoms. The van der Waals surface area contributed by atoms with Crippen molar-refractivity contribution >= 4 is 16.5 Å². The highest BCUT2D eigenvalue weighted by Gasteiger charge is 2.14. The Morgan fingerprint density at radius 1 is 1.40 bits per heavy atom. The number of nitrogens with zero attached hydrogens (tertiary/aromatic N) is 2. The number of aromatic hydroxyl groups is 1. The molecule has 0 aliphatic heterocycles. The highest BCUT2D eigenvalue weighted by Crippen LogP contribution is 2.31. The minimum atomic E-state index is -0.487. The molecule has 2 aromatic rings. The average Bonchev–Trinajstić information content (AvgIpc) is 2.19. The van der Waals surface area contributed by atoms with Crippen LogP contribution in [-0.4, -0.2) is 15.0 Å². The van der Waals surface area contributed by atoms with Crippen molar-refractivity contribution in [1.29, 1.82) is 0 Å². The van der Waals surface area contributed by atoms with Crippen LogP contribution >= 0.6 is 0 Å². The van der Waals surface area contributed by atoms with Gasteiger partial charge in [0, 0.05) is 23.3 Å². The average molecular weight is 204 g/mol. The van der Waals surface area contributed by atoms with E-state index in [0.717, 1.165) is 0 Å². The topological polar surface area (TPSA) is 76.3 Å². The zero-order valence-electron chi connectivity index (χ0n) is 7.97. The third-order valence-electron chi connectivity index (χ3n) is 2.19. The molecular weight excluding hydrogens is 196 g/mol. The van der Waals surface area contributed by atoms with Crippen LogP contribution in [0.25, 0.3) is 10.8 Å². The van der Waals surface area contributed by atoms with Crippen molar-refractivity contribution in [2.24, 2.45) is 0 Å². The van der Waals surface area contributed by atoms with E-state index in [0.29, 0.717) is 16.5 Å². The maximum atomic E-state index is 10.7. The van der Waals surface area contributed by atoms with Crippen molar-refractivity contribution in [2.45, 2.75) is 6.92 Å². The summed E-state index contributed by atoms with van der Waals surface area (Å²) in [4.78, 5) is 14.2. The number of hydrogen-bond acceptors (Lipinski definition) is 4. The Morgan fingerprint density at radius 2 is 2.13 bits per heavy atom. The van der Waals surface area contributed by atoms with Gasteiger partial charge < -0.3 is 5.11 Å². The van der Waals surface area contributed by atoms with E-state index in [1.807, 2.05) is 0 Å². The van der Waals surface area contributed by atoms with Crippen LogP contribution in [0.1, 0.15) is 5.69 Å². The predicted molar refractivity (Wildman–Crippen MR) is 54.8 cm³/mol. The Morgan fingerprint density at radius 3 is 2.80 bits per heavy atom. The summed E-state index contributed by atoms with van der Waals surface area (Å²) in [5.74, 6) is 0.0288. The molecule has 0 aliphatic carbocycles. The zero-order chi connectivity index (χ0) is 11.0. The Balaban J connectivity index is 2.88.